The Labute approximate surface area is 239 Å². The van der Waals surface area contributed by atoms with Gasteiger partial charge in [-0.2, -0.15) is 0 Å². The number of anilines is 1. The summed E-state index contributed by atoms with van der Waals surface area (Å²) < 4.78 is 34.1. The van der Waals surface area contributed by atoms with E-state index in [1.807, 2.05) is 13.8 Å². The summed E-state index contributed by atoms with van der Waals surface area (Å²) in [5.74, 6) is -0.778. The average molecular weight is 593 g/mol. The number of nitrogens with zero attached hydrogens (tertiary/aromatic N) is 2. The molecule has 1 unspecified atom stereocenters. The number of benzene rings is 3. The molecule has 3 aromatic rings. The first-order valence-electron chi connectivity index (χ1n) is 12.2. The molecule has 1 N–H and O–H groups in total. The van der Waals surface area contributed by atoms with Gasteiger partial charge in [-0.25, -0.2) is 8.42 Å². The number of carbonyl (C=O) groups is 2. The van der Waals surface area contributed by atoms with Gasteiger partial charge in [0.05, 0.1) is 17.7 Å². The quantitative estimate of drug-likeness (QED) is 0.333. The van der Waals surface area contributed by atoms with Crippen molar-refractivity contribution in [1.82, 2.24) is 10.2 Å². The van der Waals surface area contributed by atoms with Gasteiger partial charge < -0.3 is 15.0 Å². The van der Waals surface area contributed by atoms with Crippen molar-refractivity contribution >= 4 is 50.7 Å². The number of halogens is 2. The van der Waals surface area contributed by atoms with Gasteiger partial charge in [0.2, 0.25) is 11.8 Å². The average Bonchev–Trinajstić information content (AvgIpc) is 2.90. The molecule has 3 aromatic carbocycles. The maximum Gasteiger partial charge on any atom is 0.264 e. The van der Waals surface area contributed by atoms with Gasteiger partial charge in [0.15, 0.2) is 0 Å². The van der Waals surface area contributed by atoms with E-state index >= 15 is 0 Å². The van der Waals surface area contributed by atoms with Crippen molar-refractivity contribution in [3.05, 3.63) is 88.4 Å². The minimum absolute atomic E-state index is 0.0215. The van der Waals surface area contributed by atoms with E-state index < -0.39 is 28.5 Å². The normalized spacial score (nSPS) is 12.1. The first-order chi connectivity index (χ1) is 18.4. The number of rotatable bonds is 11. The Morgan fingerprint density at radius 2 is 1.59 bits per heavy atom. The fourth-order valence-corrected chi connectivity index (χ4v) is 5.73. The van der Waals surface area contributed by atoms with Crippen LogP contribution in [-0.4, -0.2) is 50.9 Å². The van der Waals surface area contributed by atoms with Gasteiger partial charge in [-0.05, 0) is 68.8 Å². The summed E-state index contributed by atoms with van der Waals surface area (Å²) in [7, 11) is -2.86. The van der Waals surface area contributed by atoms with Crippen LogP contribution in [0.3, 0.4) is 0 Å². The molecule has 0 aliphatic carbocycles. The van der Waals surface area contributed by atoms with Gasteiger partial charge in [0.25, 0.3) is 10.0 Å². The molecule has 0 bridgehead atoms. The molecule has 1 atom stereocenters. The van der Waals surface area contributed by atoms with E-state index in [0.717, 1.165) is 4.31 Å². The Balaban J connectivity index is 2.09. The molecule has 3 rings (SSSR count). The topological polar surface area (TPSA) is 96.0 Å². The van der Waals surface area contributed by atoms with Crippen LogP contribution in [0.25, 0.3) is 0 Å². The largest absolute Gasteiger partial charge is 0.495 e. The van der Waals surface area contributed by atoms with Gasteiger partial charge >= 0.3 is 0 Å². The van der Waals surface area contributed by atoms with Crippen molar-refractivity contribution in [2.75, 3.05) is 18.0 Å². The fourth-order valence-electron chi connectivity index (χ4n) is 3.91. The fraction of sp³-hybridized carbons (Fsp3) is 0.286. The van der Waals surface area contributed by atoms with E-state index in [4.69, 9.17) is 27.9 Å². The molecular formula is C28H31Cl2N3O5S. The first-order valence-corrected chi connectivity index (χ1v) is 14.4. The summed E-state index contributed by atoms with van der Waals surface area (Å²) in [5.41, 5.74) is 0.766. The number of hydrogen-bond donors (Lipinski definition) is 1. The first kappa shape index (κ1) is 30.3. The maximum absolute atomic E-state index is 13.9. The summed E-state index contributed by atoms with van der Waals surface area (Å²) in [6.07, 6.45) is 0. The highest BCUT2D eigenvalue weighted by Gasteiger charge is 2.34. The minimum atomic E-state index is -4.25. The van der Waals surface area contributed by atoms with Crippen molar-refractivity contribution in [3.63, 3.8) is 0 Å². The molecule has 2 amide bonds. The van der Waals surface area contributed by atoms with Crippen molar-refractivity contribution in [3.8, 4) is 5.75 Å². The van der Waals surface area contributed by atoms with Crippen molar-refractivity contribution in [2.24, 2.45) is 0 Å². The lowest BCUT2D eigenvalue weighted by Gasteiger charge is -2.32. The molecule has 208 valence electrons. The second-order valence-electron chi connectivity index (χ2n) is 9.13. The number of hydrogen-bond acceptors (Lipinski definition) is 5. The van der Waals surface area contributed by atoms with Gasteiger partial charge in [0.1, 0.15) is 18.3 Å². The van der Waals surface area contributed by atoms with E-state index in [0.29, 0.717) is 10.6 Å². The number of carbonyl (C=O) groups excluding carboxylic acids is 2. The predicted octanol–water partition coefficient (Wildman–Crippen LogP) is 5.14. The van der Waals surface area contributed by atoms with Crippen LogP contribution in [0.5, 0.6) is 5.75 Å². The van der Waals surface area contributed by atoms with Crippen LogP contribution in [0.4, 0.5) is 5.69 Å². The highest BCUT2D eigenvalue weighted by Crippen LogP contribution is 2.35. The summed E-state index contributed by atoms with van der Waals surface area (Å²) in [4.78, 5) is 28.2. The number of sulfonamides is 1. The summed E-state index contributed by atoms with van der Waals surface area (Å²) in [6.45, 7) is 4.63. The predicted molar refractivity (Wildman–Crippen MR) is 154 cm³/mol. The van der Waals surface area contributed by atoms with Crippen LogP contribution in [0.2, 0.25) is 10.0 Å². The maximum atomic E-state index is 13.9. The van der Waals surface area contributed by atoms with Crippen molar-refractivity contribution in [2.45, 2.75) is 44.3 Å². The summed E-state index contributed by atoms with van der Waals surface area (Å²) in [5, 5.41) is 3.54. The Morgan fingerprint density at radius 3 is 2.21 bits per heavy atom. The molecule has 11 heteroatoms. The highest BCUT2D eigenvalue weighted by molar-refractivity contribution is 7.92. The minimum Gasteiger partial charge on any atom is -0.495 e. The summed E-state index contributed by atoms with van der Waals surface area (Å²) in [6, 6.07) is 18.1. The Morgan fingerprint density at radius 1 is 0.923 bits per heavy atom. The van der Waals surface area contributed by atoms with Gasteiger partial charge in [-0.15, -0.1) is 0 Å². The SMILES string of the molecule is COc1ccc(Cl)cc1N(CC(=O)N(Cc1cccc(Cl)c1)C(C)C(=O)NC(C)C)S(=O)(=O)c1ccccc1. The van der Waals surface area contributed by atoms with E-state index in [2.05, 4.69) is 5.32 Å². The van der Waals surface area contributed by atoms with Crippen molar-refractivity contribution < 1.29 is 22.7 Å². The molecule has 0 aliphatic heterocycles. The number of amides is 2. The second kappa shape index (κ2) is 13.2. The molecular weight excluding hydrogens is 561 g/mol. The summed E-state index contributed by atoms with van der Waals surface area (Å²) >= 11 is 12.4. The third kappa shape index (κ3) is 7.65. The van der Waals surface area contributed by atoms with Crippen LogP contribution in [0.1, 0.15) is 26.3 Å². The Kier molecular flexibility index (Phi) is 10.2. The third-order valence-electron chi connectivity index (χ3n) is 5.86. The van der Waals surface area contributed by atoms with Crippen LogP contribution < -0.4 is 14.4 Å². The molecule has 0 saturated heterocycles. The Bertz CT molecular complexity index is 1420. The molecule has 0 heterocycles. The van der Waals surface area contributed by atoms with Crippen LogP contribution >= 0.6 is 23.2 Å². The molecule has 0 fully saturated rings. The monoisotopic (exact) mass is 591 g/mol. The zero-order chi connectivity index (χ0) is 28.7. The van der Waals surface area contributed by atoms with E-state index in [-0.39, 0.29) is 39.8 Å². The molecule has 0 aromatic heterocycles. The molecule has 0 spiro atoms. The molecule has 0 radical (unpaired) electrons. The number of methoxy groups -OCH3 is 1. The van der Waals surface area contributed by atoms with Crippen LogP contribution in [-0.2, 0) is 26.2 Å². The molecule has 0 aliphatic rings. The van der Waals surface area contributed by atoms with Crippen molar-refractivity contribution in [1.29, 1.82) is 0 Å². The van der Waals surface area contributed by atoms with Crippen LogP contribution in [0, 0.1) is 0 Å². The third-order valence-corrected chi connectivity index (χ3v) is 8.10. The molecule has 8 nitrogen and oxygen atoms in total. The van der Waals surface area contributed by atoms with E-state index in [1.165, 1.54) is 36.3 Å². The molecule has 39 heavy (non-hydrogen) atoms. The zero-order valence-corrected chi connectivity index (χ0v) is 24.4. The van der Waals surface area contributed by atoms with Crippen LogP contribution in [0.15, 0.2) is 77.7 Å². The second-order valence-corrected chi connectivity index (χ2v) is 11.9. The van der Waals surface area contributed by atoms with E-state index in [9.17, 15) is 18.0 Å². The Hall–Kier alpha value is -3.27. The lowest BCUT2D eigenvalue weighted by Crippen LogP contribution is -2.52. The zero-order valence-electron chi connectivity index (χ0n) is 22.1. The van der Waals surface area contributed by atoms with Gasteiger partial charge in [-0.1, -0.05) is 53.5 Å². The standard InChI is InChI=1S/C28H31Cl2N3O5S/c1-19(2)31-28(35)20(3)32(17-21-9-8-10-22(29)15-21)27(34)18-33(25-16-23(30)13-14-26(25)38-4)39(36,37)24-11-6-5-7-12-24/h5-16,19-20H,17-18H2,1-4H3,(H,31,35). The van der Waals surface area contributed by atoms with E-state index in [1.54, 1.807) is 55.5 Å². The highest BCUT2D eigenvalue weighted by atomic mass is 35.5. The number of ether oxygens (including phenoxy) is 1. The van der Waals surface area contributed by atoms with Gasteiger partial charge in [0, 0.05) is 22.6 Å². The lowest BCUT2D eigenvalue weighted by molar-refractivity contribution is -0.139. The lowest BCUT2D eigenvalue weighted by atomic mass is 10.1. The van der Waals surface area contributed by atoms with Gasteiger partial charge in [-0.3, -0.25) is 13.9 Å². The molecule has 0 saturated carbocycles. The number of nitrogens with one attached hydrogen (secondary N) is 1. The smallest absolute Gasteiger partial charge is 0.264 e.